The van der Waals surface area contributed by atoms with Crippen molar-refractivity contribution in [2.24, 2.45) is 0 Å². The van der Waals surface area contributed by atoms with E-state index in [1.165, 1.54) is 34.8 Å². The maximum absolute atomic E-state index is 12.1. The molecule has 0 unspecified atom stereocenters. The largest absolute Gasteiger partial charge is 0.296 e. The number of anilines is 1. The molecule has 0 spiro atoms. The number of rotatable bonds is 3. The second-order valence-electron chi connectivity index (χ2n) is 4.17. The van der Waals surface area contributed by atoms with Crippen LogP contribution in [0.15, 0.2) is 24.3 Å². The van der Waals surface area contributed by atoms with Crippen molar-refractivity contribution in [3.8, 4) is 0 Å². The van der Waals surface area contributed by atoms with Gasteiger partial charge in [-0.2, -0.15) is 0 Å². The number of hydrogen-bond donors (Lipinski definition) is 1. The summed E-state index contributed by atoms with van der Waals surface area (Å²) in [5, 5.41) is 22.9. The summed E-state index contributed by atoms with van der Waals surface area (Å²) < 4.78 is 0.819. The lowest BCUT2D eigenvalue weighted by Crippen LogP contribution is -2.09. The zero-order valence-electron chi connectivity index (χ0n) is 10.7. The monoisotopic (exact) mass is 320 g/mol. The number of nitrogens with zero attached hydrogens (tertiary/aromatic N) is 3. The third kappa shape index (κ3) is 2.73. The Balaban J connectivity index is 1.89. The highest BCUT2D eigenvalue weighted by atomic mass is 32.1. The highest BCUT2D eigenvalue weighted by Gasteiger charge is 2.14. The molecule has 0 fully saturated rings. The van der Waals surface area contributed by atoms with E-state index in [-0.39, 0.29) is 11.6 Å². The molecule has 7 nitrogen and oxygen atoms in total. The Morgan fingerprint density at radius 2 is 2.10 bits per heavy atom. The van der Waals surface area contributed by atoms with Gasteiger partial charge in [-0.1, -0.05) is 11.3 Å². The first-order valence-electron chi connectivity index (χ1n) is 5.82. The molecule has 0 aliphatic rings. The summed E-state index contributed by atoms with van der Waals surface area (Å²) in [6.07, 6.45) is 0. The van der Waals surface area contributed by atoms with E-state index in [4.69, 9.17) is 0 Å². The van der Waals surface area contributed by atoms with Gasteiger partial charge in [0.15, 0.2) is 0 Å². The molecule has 3 aromatic rings. The van der Waals surface area contributed by atoms with Crippen molar-refractivity contribution in [2.75, 3.05) is 5.32 Å². The van der Waals surface area contributed by atoms with Crippen LogP contribution in [0.3, 0.4) is 0 Å². The zero-order valence-corrected chi connectivity index (χ0v) is 12.3. The number of aromatic nitrogens is 2. The minimum Gasteiger partial charge on any atom is -0.296 e. The number of hydrogen-bond acceptors (Lipinski definition) is 7. The number of benzene rings is 1. The first-order chi connectivity index (χ1) is 10.0. The smallest absolute Gasteiger partial charge is 0.270 e. The highest BCUT2D eigenvalue weighted by molar-refractivity contribution is 7.21. The van der Waals surface area contributed by atoms with Gasteiger partial charge in [0.1, 0.15) is 5.01 Å². The molecule has 0 saturated heterocycles. The molecule has 0 atom stereocenters. The third-order valence-corrected chi connectivity index (χ3v) is 4.55. The number of non-ortho nitro benzene ring substituents is 1. The average molecular weight is 320 g/mol. The number of nitro groups is 1. The maximum Gasteiger partial charge on any atom is 0.270 e. The molecule has 3 rings (SSSR count). The number of fused-ring (bicyclic) bond motifs is 1. The predicted molar refractivity (Wildman–Crippen MR) is 81.1 cm³/mol. The van der Waals surface area contributed by atoms with Gasteiger partial charge in [0.25, 0.3) is 11.6 Å². The number of amides is 1. The number of thiophene rings is 1. The van der Waals surface area contributed by atoms with Gasteiger partial charge >= 0.3 is 0 Å². The van der Waals surface area contributed by atoms with E-state index >= 15 is 0 Å². The molecule has 0 aliphatic carbocycles. The molecule has 2 heterocycles. The van der Waals surface area contributed by atoms with Crippen LogP contribution in [-0.4, -0.2) is 21.0 Å². The van der Waals surface area contributed by atoms with Crippen LogP contribution in [0.4, 0.5) is 10.8 Å². The third-order valence-electron chi connectivity index (χ3n) is 2.68. The first-order valence-corrected chi connectivity index (χ1v) is 7.45. The van der Waals surface area contributed by atoms with Crippen LogP contribution < -0.4 is 5.32 Å². The van der Waals surface area contributed by atoms with Crippen molar-refractivity contribution in [3.05, 3.63) is 44.3 Å². The lowest BCUT2D eigenvalue weighted by molar-refractivity contribution is -0.384. The molecule has 106 valence electrons. The minimum absolute atomic E-state index is 0.00649. The quantitative estimate of drug-likeness (QED) is 0.590. The van der Waals surface area contributed by atoms with E-state index in [1.54, 1.807) is 19.1 Å². The fraction of sp³-hybridized carbons (Fsp3) is 0.0833. The fourth-order valence-corrected chi connectivity index (χ4v) is 3.29. The van der Waals surface area contributed by atoms with Crippen LogP contribution in [0.5, 0.6) is 0 Å². The number of carbonyl (C=O) groups is 1. The first kappa shape index (κ1) is 13.6. The van der Waals surface area contributed by atoms with Gasteiger partial charge in [-0.05, 0) is 19.1 Å². The summed E-state index contributed by atoms with van der Waals surface area (Å²) in [6, 6.07) is 6.16. The topological polar surface area (TPSA) is 98.0 Å². The van der Waals surface area contributed by atoms with E-state index in [0.717, 1.165) is 9.71 Å². The van der Waals surface area contributed by atoms with E-state index < -0.39 is 4.92 Å². The lowest BCUT2D eigenvalue weighted by atomic mass is 10.2. The van der Waals surface area contributed by atoms with Crippen molar-refractivity contribution < 1.29 is 9.72 Å². The molecule has 0 aliphatic heterocycles. The van der Waals surface area contributed by atoms with Crippen molar-refractivity contribution >= 4 is 49.5 Å². The molecule has 0 saturated carbocycles. The summed E-state index contributed by atoms with van der Waals surface area (Å²) >= 11 is 2.56. The Labute approximate surface area is 126 Å². The molecule has 2 aromatic heterocycles. The second kappa shape index (κ2) is 5.19. The Kier molecular flexibility index (Phi) is 3.35. The predicted octanol–water partition coefficient (Wildman–Crippen LogP) is 3.22. The normalized spacial score (nSPS) is 10.7. The van der Waals surface area contributed by atoms with E-state index in [9.17, 15) is 14.9 Å². The Morgan fingerprint density at radius 1 is 1.29 bits per heavy atom. The Bertz CT molecular complexity index is 855. The molecule has 1 N–H and O–H groups in total. The molecule has 1 aromatic carbocycles. The van der Waals surface area contributed by atoms with E-state index in [2.05, 4.69) is 15.5 Å². The SMILES string of the molecule is Cc1nnc(NC(=O)c2cc3cc([N+](=O)[O-])ccc3s2)s1. The van der Waals surface area contributed by atoms with Crippen LogP contribution in [0.1, 0.15) is 14.7 Å². The summed E-state index contributed by atoms with van der Waals surface area (Å²) in [6.45, 7) is 1.80. The summed E-state index contributed by atoms with van der Waals surface area (Å²) in [5.74, 6) is -0.296. The Morgan fingerprint density at radius 3 is 2.76 bits per heavy atom. The average Bonchev–Trinajstić information content (AvgIpc) is 3.03. The lowest BCUT2D eigenvalue weighted by Gasteiger charge is -1.95. The summed E-state index contributed by atoms with van der Waals surface area (Å²) in [7, 11) is 0. The van der Waals surface area contributed by atoms with E-state index in [1.807, 2.05) is 0 Å². The van der Waals surface area contributed by atoms with Crippen LogP contribution >= 0.6 is 22.7 Å². The maximum atomic E-state index is 12.1. The molecule has 0 bridgehead atoms. The van der Waals surface area contributed by atoms with Gasteiger partial charge < -0.3 is 0 Å². The molecule has 1 amide bonds. The van der Waals surface area contributed by atoms with Gasteiger partial charge in [-0.3, -0.25) is 20.2 Å². The number of aryl methyl sites for hydroxylation is 1. The fourth-order valence-electron chi connectivity index (χ4n) is 1.76. The number of nitrogens with one attached hydrogen (secondary N) is 1. The van der Waals surface area contributed by atoms with Crippen molar-refractivity contribution in [3.63, 3.8) is 0 Å². The van der Waals surface area contributed by atoms with Gasteiger partial charge in [0.05, 0.1) is 9.80 Å². The number of carbonyl (C=O) groups excluding carboxylic acids is 1. The summed E-state index contributed by atoms with van der Waals surface area (Å²) in [5.41, 5.74) is 0.00649. The molecule has 9 heteroatoms. The molecular formula is C12H8N4O3S2. The molecular weight excluding hydrogens is 312 g/mol. The Hall–Kier alpha value is -2.39. The van der Waals surface area contributed by atoms with Crippen LogP contribution in [0.2, 0.25) is 0 Å². The second-order valence-corrected chi connectivity index (χ2v) is 6.44. The van der Waals surface area contributed by atoms with Crippen LogP contribution in [-0.2, 0) is 0 Å². The minimum atomic E-state index is -0.457. The van der Waals surface area contributed by atoms with Crippen molar-refractivity contribution in [1.82, 2.24) is 10.2 Å². The van der Waals surface area contributed by atoms with E-state index in [0.29, 0.717) is 15.4 Å². The zero-order chi connectivity index (χ0) is 15.0. The van der Waals surface area contributed by atoms with Crippen molar-refractivity contribution in [1.29, 1.82) is 0 Å². The molecule has 0 radical (unpaired) electrons. The van der Waals surface area contributed by atoms with Gasteiger partial charge in [-0.15, -0.1) is 21.5 Å². The van der Waals surface area contributed by atoms with Crippen LogP contribution in [0.25, 0.3) is 10.1 Å². The summed E-state index contributed by atoms with van der Waals surface area (Å²) in [4.78, 5) is 22.9. The molecule has 21 heavy (non-hydrogen) atoms. The van der Waals surface area contributed by atoms with Gasteiger partial charge in [0.2, 0.25) is 5.13 Å². The highest BCUT2D eigenvalue weighted by Crippen LogP contribution is 2.29. The van der Waals surface area contributed by atoms with Crippen LogP contribution in [0, 0.1) is 17.0 Å². The van der Waals surface area contributed by atoms with Gasteiger partial charge in [0, 0.05) is 22.2 Å². The van der Waals surface area contributed by atoms with Crippen molar-refractivity contribution in [2.45, 2.75) is 6.92 Å². The number of nitro benzene ring substituents is 1. The van der Waals surface area contributed by atoms with Gasteiger partial charge in [-0.25, -0.2) is 0 Å². The standard InChI is InChI=1S/C12H8N4O3S2/c1-6-14-15-12(20-6)13-11(17)10-5-7-4-8(16(18)19)2-3-9(7)21-10/h2-5H,1H3,(H,13,15,17).